The number of aromatic nitrogens is 1. The molecule has 0 saturated carbocycles. The second-order valence-corrected chi connectivity index (χ2v) is 8.25. The van der Waals surface area contributed by atoms with Crippen LogP contribution in [0.25, 0.3) is 0 Å². The Bertz CT molecular complexity index is 902. The predicted molar refractivity (Wildman–Crippen MR) is 116 cm³/mol. The van der Waals surface area contributed by atoms with Crippen molar-refractivity contribution in [3.05, 3.63) is 61.0 Å². The van der Waals surface area contributed by atoms with E-state index in [0.29, 0.717) is 24.4 Å². The van der Waals surface area contributed by atoms with E-state index in [2.05, 4.69) is 52.8 Å². The highest BCUT2D eigenvalue weighted by molar-refractivity contribution is 9.10. The van der Waals surface area contributed by atoms with Crippen molar-refractivity contribution in [1.82, 2.24) is 4.98 Å². The standard InChI is InChI=1S/C22H29BrN2O2/c1-7-15(4)25(6)20-12-17(23)11-19(16(20)5)21(26)9-8-18-13(2)10-14(3)24-22(18)27/h10-12,15H,7-9H2,1-6H3,(H,24,27). The molecule has 4 nitrogen and oxygen atoms in total. The molecule has 1 N–H and O–H groups in total. The average molecular weight is 433 g/mol. The van der Waals surface area contributed by atoms with Crippen molar-refractivity contribution in [3.8, 4) is 0 Å². The maximum absolute atomic E-state index is 12.9. The Morgan fingerprint density at radius 3 is 2.48 bits per heavy atom. The number of anilines is 1. The maximum Gasteiger partial charge on any atom is 0.251 e. The zero-order chi connectivity index (χ0) is 20.3. The van der Waals surface area contributed by atoms with Crippen molar-refractivity contribution in [2.75, 3.05) is 11.9 Å². The van der Waals surface area contributed by atoms with E-state index < -0.39 is 0 Å². The Morgan fingerprint density at radius 1 is 1.22 bits per heavy atom. The van der Waals surface area contributed by atoms with E-state index in [1.807, 2.05) is 32.9 Å². The molecule has 1 aromatic carbocycles. The van der Waals surface area contributed by atoms with Gasteiger partial charge in [-0.2, -0.15) is 0 Å². The number of benzene rings is 1. The van der Waals surface area contributed by atoms with Crippen LogP contribution in [0.5, 0.6) is 0 Å². The van der Waals surface area contributed by atoms with Crippen molar-refractivity contribution in [1.29, 1.82) is 0 Å². The minimum Gasteiger partial charge on any atom is -0.372 e. The third kappa shape index (κ3) is 4.89. The van der Waals surface area contributed by atoms with Crippen molar-refractivity contribution >= 4 is 27.4 Å². The number of Topliss-reactive ketones (excluding diaryl/α,β-unsaturated/α-hetero) is 1. The molecule has 0 aliphatic carbocycles. The maximum atomic E-state index is 12.9. The summed E-state index contributed by atoms with van der Waals surface area (Å²) < 4.78 is 0.894. The van der Waals surface area contributed by atoms with Crippen LogP contribution in [-0.4, -0.2) is 23.9 Å². The highest BCUT2D eigenvalue weighted by Crippen LogP contribution is 2.30. The second kappa shape index (κ2) is 8.87. The van der Waals surface area contributed by atoms with Gasteiger partial charge in [-0.1, -0.05) is 22.9 Å². The van der Waals surface area contributed by atoms with Gasteiger partial charge < -0.3 is 9.88 Å². The fraction of sp³-hybridized carbons (Fsp3) is 0.455. The smallest absolute Gasteiger partial charge is 0.251 e. The summed E-state index contributed by atoms with van der Waals surface area (Å²) in [7, 11) is 2.06. The quantitative estimate of drug-likeness (QED) is 0.618. The van der Waals surface area contributed by atoms with Gasteiger partial charge in [-0.3, -0.25) is 9.59 Å². The van der Waals surface area contributed by atoms with E-state index in [4.69, 9.17) is 0 Å². The summed E-state index contributed by atoms with van der Waals surface area (Å²) in [6.07, 6.45) is 1.79. The van der Waals surface area contributed by atoms with Gasteiger partial charge in [0.2, 0.25) is 0 Å². The number of ketones is 1. The first-order valence-electron chi connectivity index (χ1n) is 9.41. The summed E-state index contributed by atoms with van der Waals surface area (Å²) in [4.78, 5) is 30.2. The van der Waals surface area contributed by atoms with Gasteiger partial charge in [0.1, 0.15) is 0 Å². The molecule has 1 atom stereocenters. The molecule has 0 aliphatic rings. The molecule has 2 aromatic rings. The van der Waals surface area contributed by atoms with E-state index in [-0.39, 0.29) is 11.3 Å². The fourth-order valence-corrected chi connectivity index (χ4v) is 3.84. The summed E-state index contributed by atoms with van der Waals surface area (Å²) in [5, 5.41) is 0. The van der Waals surface area contributed by atoms with E-state index >= 15 is 0 Å². The minimum absolute atomic E-state index is 0.0620. The molecule has 1 unspecified atom stereocenters. The average Bonchev–Trinajstić information content (AvgIpc) is 2.60. The third-order valence-electron chi connectivity index (χ3n) is 5.37. The Kier molecular flexibility index (Phi) is 7.04. The van der Waals surface area contributed by atoms with Crippen LogP contribution in [0.15, 0.2) is 27.5 Å². The lowest BCUT2D eigenvalue weighted by atomic mass is 9.96. The lowest BCUT2D eigenvalue weighted by molar-refractivity contribution is 0.0982. The first-order valence-corrected chi connectivity index (χ1v) is 10.2. The zero-order valence-corrected chi connectivity index (χ0v) is 18.7. The van der Waals surface area contributed by atoms with Gasteiger partial charge in [-0.15, -0.1) is 0 Å². The van der Waals surface area contributed by atoms with E-state index in [1.54, 1.807) is 0 Å². The van der Waals surface area contributed by atoms with Gasteiger partial charge in [0, 0.05) is 46.5 Å². The SMILES string of the molecule is CCC(C)N(C)c1cc(Br)cc(C(=O)CCc2c(C)cc(C)[nH]c2=O)c1C. The molecule has 0 fully saturated rings. The number of aromatic amines is 1. The number of nitrogens with zero attached hydrogens (tertiary/aromatic N) is 1. The van der Waals surface area contributed by atoms with Crippen LogP contribution in [0.1, 0.15) is 59.4 Å². The number of H-pyrrole nitrogens is 1. The molecule has 0 spiro atoms. The Morgan fingerprint density at radius 2 is 1.89 bits per heavy atom. The van der Waals surface area contributed by atoms with Gasteiger partial charge in [0.25, 0.3) is 5.56 Å². The van der Waals surface area contributed by atoms with Crippen LogP contribution in [0.3, 0.4) is 0 Å². The molecule has 0 aliphatic heterocycles. The lowest BCUT2D eigenvalue weighted by Crippen LogP contribution is -2.29. The fourth-order valence-electron chi connectivity index (χ4n) is 3.40. The van der Waals surface area contributed by atoms with Crippen LogP contribution >= 0.6 is 15.9 Å². The predicted octanol–water partition coefficient (Wildman–Crippen LogP) is 5.11. The first kappa shape index (κ1) is 21.4. The number of carbonyl (C=O) groups excluding carboxylic acids is 1. The van der Waals surface area contributed by atoms with E-state index in [0.717, 1.165) is 39.0 Å². The summed E-state index contributed by atoms with van der Waals surface area (Å²) in [5.41, 5.74) is 5.14. The Labute approximate surface area is 170 Å². The first-order chi connectivity index (χ1) is 12.6. The number of hydrogen-bond donors (Lipinski definition) is 1. The van der Waals surface area contributed by atoms with Crippen molar-refractivity contribution in [2.24, 2.45) is 0 Å². The van der Waals surface area contributed by atoms with Crippen molar-refractivity contribution in [3.63, 3.8) is 0 Å². The van der Waals surface area contributed by atoms with E-state index in [9.17, 15) is 9.59 Å². The van der Waals surface area contributed by atoms with Crippen LogP contribution < -0.4 is 10.5 Å². The van der Waals surface area contributed by atoms with Gasteiger partial charge in [-0.05, 0) is 69.9 Å². The number of aryl methyl sites for hydroxylation is 2. The summed E-state index contributed by atoms with van der Waals surface area (Å²) in [5.74, 6) is 0.0620. The lowest BCUT2D eigenvalue weighted by Gasteiger charge is -2.28. The highest BCUT2D eigenvalue weighted by Gasteiger charge is 2.18. The van der Waals surface area contributed by atoms with Crippen LogP contribution in [-0.2, 0) is 6.42 Å². The molecule has 1 heterocycles. The van der Waals surface area contributed by atoms with Crippen LogP contribution in [0.4, 0.5) is 5.69 Å². The molecule has 0 bridgehead atoms. The minimum atomic E-state index is -0.0940. The van der Waals surface area contributed by atoms with Gasteiger partial charge in [0.05, 0.1) is 0 Å². The van der Waals surface area contributed by atoms with E-state index in [1.165, 1.54) is 0 Å². The molecule has 0 saturated heterocycles. The number of rotatable bonds is 7. The topological polar surface area (TPSA) is 53.2 Å². The molecule has 5 heteroatoms. The summed E-state index contributed by atoms with van der Waals surface area (Å²) in [6, 6.07) is 6.28. The molecular formula is C22H29BrN2O2. The van der Waals surface area contributed by atoms with Crippen molar-refractivity contribution in [2.45, 2.75) is 59.9 Å². The second-order valence-electron chi connectivity index (χ2n) is 7.33. The number of halogens is 1. The number of nitrogens with one attached hydrogen (secondary N) is 1. The molecule has 1 aromatic heterocycles. The third-order valence-corrected chi connectivity index (χ3v) is 5.83. The molecule has 2 rings (SSSR count). The molecule has 27 heavy (non-hydrogen) atoms. The molecule has 0 radical (unpaired) electrons. The van der Waals surface area contributed by atoms with Gasteiger partial charge >= 0.3 is 0 Å². The molecule has 0 amide bonds. The normalized spacial score (nSPS) is 12.1. The van der Waals surface area contributed by atoms with Gasteiger partial charge in [-0.25, -0.2) is 0 Å². The monoisotopic (exact) mass is 432 g/mol. The van der Waals surface area contributed by atoms with Crippen LogP contribution in [0, 0.1) is 20.8 Å². The van der Waals surface area contributed by atoms with Gasteiger partial charge in [0.15, 0.2) is 5.78 Å². The molecule has 146 valence electrons. The number of carbonyl (C=O) groups is 1. The zero-order valence-electron chi connectivity index (χ0n) is 17.1. The largest absolute Gasteiger partial charge is 0.372 e. The Hall–Kier alpha value is -1.88. The number of hydrogen-bond acceptors (Lipinski definition) is 3. The van der Waals surface area contributed by atoms with Crippen molar-refractivity contribution < 1.29 is 4.79 Å². The highest BCUT2D eigenvalue weighted by atomic mass is 79.9. The summed E-state index contributed by atoms with van der Waals surface area (Å²) in [6.45, 7) is 10.1. The van der Waals surface area contributed by atoms with Crippen LogP contribution in [0.2, 0.25) is 0 Å². The summed E-state index contributed by atoms with van der Waals surface area (Å²) >= 11 is 3.55. The molecular weight excluding hydrogens is 404 g/mol. The Balaban J connectivity index is 2.29. The number of pyridine rings is 1.